The van der Waals surface area contributed by atoms with Crippen LogP contribution >= 0.6 is 0 Å². The molecule has 3 nitrogen and oxygen atoms in total. The van der Waals surface area contributed by atoms with Crippen molar-refractivity contribution in [3.8, 4) is 5.75 Å². The Morgan fingerprint density at radius 1 is 0.952 bits per heavy atom. The first-order valence-corrected chi connectivity index (χ1v) is 7.50. The molecule has 1 aliphatic carbocycles. The molecular formula is C18H18N2O. The smallest absolute Gasteiger partial charge is 0.116 e. The summed E-state index contributed by atoms with van der Waals surface area (Å²) in [5, 5.41) is 11.0. The summed E-state index contributed by atoms with van der Waals surface area (Å²) >= 11 is 0. The molecule has 2 N–H and O–H groups in total. The second kappa shape index (κ2) is 4.85. The zero-order chi connectivity index (χ0) is 14.2. The summed E-state index contributed by atoms with van der Waals surface area (Å²) in [5.74, 6) is 0.340. The second-order valence-electron chi connectivity index (χ2n) is 5.65. The van der Waals surface area contributed by atoms with Gasteiger partial charge in [0.2, 0.25) is 0 Å². The van der Waals surface area contributed by atoms with Crippen molar-refractivity contribution in [3.05, 3.63) is 59.8 Å². The number of fused-ring (bicyclic) bond motifs is 3. The molecule has 1 aromatic heterocycles. The maximum atomic E-state index is 9.80. The standard InChI is InChI=1S/C18H18N2O/c21-14-10-11-18-16(12-14)15-8-4-5-9-17(15)20(18)19-13-6-2-1-3-7-13/h1-3,6-7,10-12,19,21H,4-5,8-9H2. The molecule has 1 aliphatic rings. The van der Waals surface area contributed by atoms with E-state index in [1.165, 1.54) is 29.5 Å². The van der Waals surface area contributed by atoms with Crippen molar-refractivity contribution in [2.24, 2.45) is 0 Å². The van der Waals surface area contributed by atoms with Gasteiger partial charge >= 0.3 is 0 Å². The molecule has 0 radical (unpaired) electrons. The van der Waals surface area contributed by atoms with Crippen LogP contribution in [0.15, 0.2) is 48.5 Å². The van der Waals surface area contributed by atoms with Crippen LogP contribution in [-0.4, -0.2) is 9.78 Å². The summed E-state index contributed by atoms with van der Waals surface area (Å²) in [7, 11) is 0. The molecule has 0 saturated carbocycles. The van der Waals surface area contributed by atoms with Crippen LogP contribution in [-0.2, 0) is 12.8 Å². The van der Waals surface area contributed by atoms with Crippen molar-refractivity contribution in [1.82, 2.24) is 4.68 Å². The van der Waals surface area contributed by atoms with Crippen LogP contribution in [0, 0.1) is 0 Å². The Bertz CT molecular complexity index is 790. The highest BCUT2D eigenvalue weighted by Crippen LogP contribution is 2.33. The van der Waals surface area contributed by atoms with Crippen LogP contribution in [0.2, 0.25) is 0 Å². The number of aromatic hydroxyl groups is 1. The number of aromatic nitrogens is 1. The average molecular weight is 278 g/mol. The maximum absolute atomic E-state index is 9.80. The van der Waals surface area contributed by atoms with Crippen molar-refractivity contribution in [2.45, 2.75) is 25.7 Å². The SMILES string of the molecule is Oc1ccc2c(c1)c1c(n2Nc2ccccc2)CCCC1. The largest absolute Gasteiger partial charge is 0.508 e. The summed E-state index contributed by atoms with van der Waals surface area (Å²) in [6, 6.07) is 15.9. The van der Waals surface area contributed by atoms with Crippen molar-refractivity contribution in [1.29, 1.82) is 0 Å². The third-order valence-electron chi connectivity index (χ3n) is 4.27. The van der Waals surface area contributed by atoms with Gasteiger partial charge in [-0.25, -0.2) is 0 Å². The van der Waals surface area contributed by atoms with Gasteiger partial charge in [-0.05, 0) is 61.6 Å². The van der Waals surface area contributed by atoms with E-state index in [1.54, 1.807) is 6.07 Å². The molecule has 0 unspecified atom stereocenters. The Labute approximate surface area is 123 Å². The normalized spacial score (nSPS) is 14.1. The predicted molar refractivity (Wildman–Crippen MR) is 85.7 cm³/mol. The lowest BCUT2D eigenvalue weighted by Crippen LogP contribution is -2.15. The van der Waals surface area contributed by atoms with E-state index in [9.17, 15) is 5.11 Å². The molecule has 3 aromatic rings. The van der Waals surface area contributed by atoms with Gasteiger partial charge in [-0.1, -0.05) is 18.2 Å². The van der Waals surface area contributed by atoms with Gasteiger partial charge < -0.3 is 5.11 Å². The van der Waals surface area contributed by atoms with Gasteiger partial charge in [-0.2, -0.15) is 0 Å². The van der Waals surface area contributed by atoms with Crippen LogP contribution in [0.3, 0.4) is 0 Å². The third-order valence-corrected chi connectivity index (χ3v) is 4.27. The van der Waals surface area contributed by atoms with Gasteiger partial charge in [-0.3, -0.25) is 10.1 Å². The number of nitrogens with zero attached hydrogens (tertiary/aromatic N) is 1. The molecule has 0 amide bonds. The molecule has 0 spiro atoms. The lowest BCUT2D eigenvalue weighted by molar-refractivity contribution is 0.476. The first-order valence-electron chi connectivity index (χ1n) is 7.50. The average Bonchev–Trinajstić information content (AvgIpc) is 2.82. The van der Waals surface area contributed by atoms with E-state index in [2.05, 4.69) is 22.2 Å². The van der Waals surface area contributed by atoms with Gasteiger partial charge in [0.1, 0.15) is 5.75 Å². The summed E-state index contributed by atoms with van der Waals surface area (Å²) in [6.45, 7) is 0. The van der Waals surface area contributed by atoms with Crippen LogP contribution in [0.25, 0.3) is 10.9 Å². The third kappa shape index (κ3) is 2.05. The quantitative estimate of drug-likeness (QED) is 0.740. The van der Waals surface area contributed by atoms with Crippen LogP contribution in [0.1, 0.15) is 24.1 Å². The van der Waals surface area contributed by atoms with E-state index in [4.69, 9.17) is 0 Å². The van der Waals surface area contributed by atoms with E-state index in [0.717, 1.165) is 24.0 Å². The molecule has 2 aromatic carbocycles. The molecule has 3 heteroatoms. The predicted octanol–water partition coefficient (Wildman–Crippen LogP) is 4.10. The van der Waals surface area contributed by atoms with Crippen molar-refractivity contribution < 1.29 is 5.11 Å². The number of benzene rings is 2. The Morgan fingerprint density at radius 2 is 1.76 bits per heavy atom. The zero-order valence-corrected chi connectivity index (χ0v) is 11.8. The minimum atomic E-state index is 0.340. The number of hydrogen-bond acceptors (Lipinski definition) is 2. The van der Waals surface area contributed by atoms with Gasteiger partial charge in [0.15, 0.2) is 0 Å². The fraction of sp³-hybridized carbons (Fsp3) is 0.222. The molecular weight excluding hydrogens is 260 g/mol. The monoisotopic (exact) mass is 278 g/mol. The summed E-state index contributed by atoms with van der Waals surface area (Å²) < 4.78 is 2.19. The van der Waals surface area contributed by atoms with Crippen LogP contribution in [0.5, 0.6) is 5.75 Å². The first-order chi connectivity index (χ1) is 10.3. The van der Waals surface area contributed by atoms with E-state index in [0.29, 0.717) is 5.75 Å². The van der Waals surface area contributed by atoms with E-state index in [1.807, 2.05) is 30.3 Å². The van der Waals surface area contributed by atoms with Gasteiger partial charge in [0.05, 0.1) is 11.2 Å². The Balaban J connectivity index is 1.91. The number of phenolic OH excluding ortho intramolecular Hbond substituents is 1. The molecule has 1 heterocycles. The number of nitrogens with one attached hydrogen (secondary N) is 1. The number of aryl methyl sites for hydroxylation is 1. The molecule has 21 heavy (non-hydrogen) atoms. The second-order valence-corrected chi connectivity index (χ2v) is 5.65. The van der Waals surface area contributed by atoms with E-state index < -0.39 is 0 Å². The highest BCUT2D eigenvalue weighted by Gasteiger charge is 2.20. The molecule has 0 atom stereocenters. The van der Waals surface area contributed by atoms with Gasteiger partial charge in [0.25, 0.3) is 0 Å². The Kier molecular flexibility index (Phi) is 2.85. The van der Waals surface area contributed by atoms with E-state index in [-0.39, 0.29) is 0 Å². The number of anilines is 1. The van der Waals surface area contributed by atoms with E-state index >= 15 is 0 Å². The lowest BCUT2D eigenvalue weighted by Gasteiger charge is -2.17. The summed E-state index contributed by atoms with van der Waals surface area (Å²) in [5.41, 5.74) is 8.47. The number of phenols is 1. The van der Waals surface area contributed by atoms with Crippen molar-refractivity contribution >= 4 is 16.6 Å². The number of para-hydroxylation sites is 1. The Hall–Kier alpha value is -2.42. The highest BCUT2D eigenvalue weighted by molar-refractivity contribution is 5.87. The Morgan fingerprint density at radius 3 is 2.62 bits per heavy atom. The fourth-order valence-corrected chi connectivity index (χ4v) is 3.30. The number of rotatable bonds is 2. The maximum Gasteiger partial charge on any atom is 0.116 e. The summed E-state index contributed by atoms with van der Waals surface area (Å²) in [6.07, 6.45) is 4.64. The lowest BCUT2D eigenvalue weighted by atomic mass is 9.96. The van der Waals surface area contributed by atoms with Gasteiger partial charge in [0, 0.05) is 11.1 Å². The van der Waals surface area contributed by atoms with Crippen molar-refractivity contribution in [2.75, 3.05) is 5.43 Å². The molecule has 4 rings (SSSR count). The summed E-state index contributed by atoms with van der Waals surface area (Å²) in [4.78, 5) is 0. The minimum Gasteiger partial charge on any atom is -0.508 e. The molecule has 0 bridgehead atoms. The highest BCUT2D eigenvalue weighted by atomic mass is 16.3. The fourth-order valence-electron chi connectivity index (χ4n) is 3.30. The molecule has 0 fully saturated rings. The molecule has 0 saturated heterocycles. The number of hydrogen-bond donors (Lipinski definition) is 2. The van der Waals surface area contributed by atoms with Crippen molar-refractivity contribution in [3.63, 3.8) is 0 Å². The molecule has 0 aliphatic heterocycles. The topological polar surface area (TPSA) is 37.2 Å². The van der Waals surface area contributed by atoms with Gasteiger partial charge in [-0.15, -0.1) is 0 Å². The van der Waals surface area contributed by atoms with Crippen LogP contribution < -0.4 is 5.43 Å². The molecule has 106 valence electrons. The minimum absolute atomic E-state index is 0.340. The first kappa shape index (κ1) is 12.3. The van der Waals surface area contributed by atoms with Crippen LogP contribution in [0.4, 0.5) is 5.69 Å². The zero-order valence-electron chi connectivity index (χ0n) is 11.8.